The van der Waals surface area contributed by atoms with Gasteiger partial charge in [0.2, 0.25) is 5.91 Å². The second-order valence-corrected chi connectivity index (χ2v) is 4.91. The third-order valence-corrected chi connectivity index (χ3v) is 3.04. The van der Waals surface area contributed by atoms with Gasteiger partial charge in [0.05, 0.1) is 7.11 Å². The highest BCUT2D eigenvalue weighted by Gasteiger charge is 2.15. The quantitative estimate of drug-likeness (QED) is 0.808. The minimum Gasteiger partial charge on any atom is -0.494 e. The van der Waals surface area contributed by atoms with Crippen molar-refractivity contribution in [2.24, 2.45) is 0 Å². The molecule has 0 aliphatic carbocycles. The number of halogens is 1. The third-order valence-electron chi connectivity index (χ3n) is 3.04. The van der Waals surface area contributed by atoms with Gasteiger partial charge >= 0.3 is 0 Å². The zero-order valence-electron chi connectivity index (χ0n) is 12.5. The van der Waals surface area contributed by atoms with Crippen LogP contribution in [0.25, 0.3) is 0 Å². The summed E-state index contributed by atoms with van der Waals surface area (Å²) < 4.78 is 18.2. The molecule has 0 saturated heterocycles. The van der Waals surface area contributed by atoms with Gasteiger partial charge in [-0.25, -0.2) is 4.39 Å². The van der Waals surface area contributed by atoms with E-state index in [0.29, 0.717) is 5.69 Å². The van der Waals surface area contributed by atoms with Gasteiger partial charge in [-0.2, -0.15) is 0 Å². The van der Waals surface area contributed by atoms with Gasteiger partial charge in [0.25, 0.3) is 0 Å². The van der Waals surface area contributed by atoms with Crippen molar-refractivity contribution < 1.29 is 13.9 Å². The molecule has 0 aromatic heterocycles. The van der Waals surface area contributed by atoms with Crippen LogP contribution in [0.3, 0.4) is 0 Å². The highest BCUT2D eigenvalue weighted by atomic mass is 19.1. The molecule has 2 atom stereocenters. The molecule has 1 amide bonds. The van der Waals surface area contributed by atoms with Crippen molar-refractivity contribution in [3.8, 4) is 5.75 Å². The zero-order chi connectivity index (χ0) is 15.1. The molecular weight excluding hydrogens is 259 g/mol. The smallest absolute Gasteiger partial charge is 0.242 e. The van der Waals surface area contributed by atoms with Crippen molar-refractivity contribution in [3.05, 3.63) is 24.0 Å². The van der Waals surface area contributed by atoms with Crippen LogP contribution >= 0.6 is 0 Å². The summed E-state index contributed by atoms with van der Waals surface area (Å²) >= 11 is 0. The van der Waals surface area contributed by atoms with Gasteiger partial charge in [0, 0.05) is 17.8 Å². The van der Waals surface area contributed by atoms with Crippen LogP contribution in [0.4, 0.5) is 10.1 Å². The van der Waals surface area contributed by atoms with E-state index in [-0.39, 0.29) is 17.7 Å². The van der Waals surface area contributed by atoms with E-state index >= 15 is 0 Å². The van der Waals surface area contributed by atoms with Crippen molar-refractivity contribution in [2.45, 2.75) is 45.7 Å². The summed E-state index contributed by atoms with van der Waals surface area (Å²) in [5, 5.41) is 5.97. The number of benzene rings is 1. The number of methoxy groups -OCH3 is 1. The normalized spacial score (nSPS) is 13.4. The van der Waals surface area contributed by atoms with Gasteiger partial charge in [-0.3, -0.25) is 4.79 Å². The maximum Gasteiger partial charge on any atom is 0.242 e. The number of hydrogen-bond donors (Lipinski definition) is 2. The number of carbonyl (C=O) groups excluding carboxylic acids is 1. The number of anilines is 1. The summed E-state index contributed by atoms with van der Waals surface area (Å²) in [5.74, 6) is -0.345. The number of carbonyl (C=O) groups is 1. The van der Waals surface area contributed by atoms with Crippen molar-refractivity contribution in [1.29, 1.82) is 0 Å². The van der Waals surface area contributed by atoms with E-state index in [1.807, 2.05) is 6.92 Å². The molecule has 4 nitrogen and oxygen atoms in total. The largest absolute Gasteiger partial charge is 0.494 e. The molecule has 112 valence electrons. The Morgan fingerprint density at radius 1 is 1.40 bits per heavy atom. The number of ether oxygens (including phenoxy) is 1. The lowest BCUT2D eigenvalue weighted by Gasteiger charge is -2.19. The van der Waals surface area contributed by atoms with Crippen LogP contribution < -0.4 is 15.4 Å². The fraction of sp³-hybridized carbons (Fsp3) is 0.533. The molecule has 1 rings (SSSR count). The minimum absolute atomic E-state index is 0.0748. The fourth-order valence-corrected chi connectivity index (χ4v) is 1.94. The van der Waals surface area contributed by atoms with Gasteiger partial charge in [0.1, 0.15) is 6.04 Å². The molecule has 1 aromatic carbocycles. The predicted octanol–water partition coefficient (Wildman–Crippen LogP) is 2.94. The van der Waals surface area contributed by atoms with Gasteiger partial charge < -0.3 is 15.4 Å². The highest BCUT2D eigenvalue weighted by molar-refractivity contribution is 5.84. The molecule has 0 fully saturated rings. The van der Waals surface area contributed by atoms with Crippen LogP contribution in [0.5, 0.6) is 5.75 Å². The summed E-state index contributed by atoms with van der Waals surface area (Å²) in [6.07, 6.45) is 1.97. The summed E-state index contributed by atoms with van der Waals surface area (Å²) in [4.78, 5) is 12.0. The Balaban J connectivity index is 2.61. The van der Waals surface area contributed by atoms with E-state index in [0.717, 1.165) is 12.8 Å². The van der Waals surface area contributed by atoms with Crippen LogP contribution in [0.15, 0.2) is 18.2 Å². The van der Waals surface area contributed by atoms with E-state index in [1.165, 1.54) is 19.2 Å². The Morgan fingerprint density at radius 3 is 2.70 bits per heavy atom. The predicted molar refractivity (Wildman–Crippen MR) is 78.5 cm³/mol. The molecule has 0 radical (unpaired) electrons. The average Bonchev–Trinajstić information content (AvgIpc) is 2.41. The first kappa shape index (κ1) is 16.3. The summed E-state index contributed by atoms with van der Waals surface area (Å²) in [7, 11) is 1.41. The summed E-state index contributed by atoms with van der Waals surface area (Å²) in [5.41, 5.74) is 0.647. The molecule has 20 heavy (non-hydrogen) atoms. The van der Waals surface area contributed by atoms with Crippen molar-refractivity contribution in [1.82, 2.24) is 5.32 Å². The lowest BCUT2D eigenvalue weighted by Crippen LogP contribution is -2.42. The maximum absolute atomic E-state index is 13.3. The van der Waals surface area contributed by atoms with Gasteiger partial charge in [-0.05, 0) is 32.4 Å². The Morgan fingerprint density at radius 2 is 2.10 bits per heavy atom. The Kier molecular flexibility index (Phi) is 6.28. The average molecular weight is 282 g/mol. The topological polar surface area (TPSA) is 50.4 Å². The second kappa shape index (κ2) is 7.72. The van der Waals surface area contributed by atoms with Crippen molar-refractivity contribution in [3.63, 3.8) is 0 Å². The van der Waals surface area contributed by atoms with Crippen molar-refractivity contribution >= 4 is 11.6 Å². The van der Waals surface area contributed by atoms with E-state index < -0.39 is 11.9 Å². The van der Waals surface area contributed by atoms with Crippen LogP contribution in [0, 0.1) is 5.82 Å². The second-order valence-electron chi connectivity index (χ2n) is 4.91. The van der Waals surface area contributed by atoms with Crippen molar-refractivity contribution in [2.75, 3.05) is 12.4 Å². The Labute approximate surface area is 119 Å². The molecule has 1 aromatic rings. The van der Waals surface area contributed by atoms with E-state index in [1.54, 1.807) is 13.0 Å². The molecule has 2 N–H and O–H groups in total. The van der Waals surface area contributed by atoms with Gasteiger partial charge in [-0.15, -0.1) is 0 Å². The Hall–Kier alpha value is -1.78. The number of amides is 1. The van der Waals surface area contributed by atoms with E-state index in [4.69, 9.17) is 4.74 Å². The zero-order valence-corrected chi connectivity index (χ0v) is 12.5. The first-order valence-electron chi connectivity index (χ1n) is 6.88. The molecule has 0 aliphatic rings. The van der Waals surface area contributed by atoms with Crippen LogP contribution in [-0.4, -0.2) is 25.1 Å². The van der Waals surface area contributed by atoms with Crippen LogP contribution in [0.1, 0.15) is 33.6 Å². The van der Waals surface area contributed by atoms with Gasteiger partial charge in [0.15, 0.2) is 11.6 Å². The lowest BCUT2D eigenvalue weighted by atomic mass is 10.2. The van der Waals surface area contributed by atoms with E-state index in [9.17, 15) is 9.18 Å². The lowest BCUT2D eigenvalue weighted by molar-refractivity contribution is -0.122. The minimum atomic E-state index is -0.424. The SMILES string of the molecule is CCCC(C)NC(=O)C(C)Nc1ccc(F)c(OC)c1. The Bertz CT molecular complexity index is 451. The van der Waals surface area contributed by atoms with E-state index in [2.05, 4.69) is 17.6 Å². The molecule has 0 heterocycles. The molecule has 5 heteroatoms. The van der Waals surface area contributed by atoms with Crippen LogP contribution in [0.2, 0.25) is 0 Å². The molecule has 0 aliphatic heterocycles. The molecule has 0 spiro atoms. The first-order chi connectivity index (χ1) is 9.47. The standard InChI is InChI=1S/C15H23FN2O2/c1-5-6-10(2)17-15(19)11(3)18-12-7-8-13(16)14(9-12)20-4/h7-11,18H,5-6H2,1-4H3,(H,17,19). The third kappa shape index (κ3) is 4.72. The maximum atomic E-state index is 13.3. The molecule has 2 unspecified atom stereocenters. The molecular formula is C15H23FN2O2. The molecule has 0 saturated carbocycles. The van der Waals surface area contributed by atoms with Crippen LogP contribution in [-0.2, 0) is 4.79 Å². The summed E-state index contributed by atoms with van der Waals surface area (Å²) in [6, 6.07) is 4.18. The summed E-state index contributed by atoms with van der Waals surface area (Å²) in [6.45, 7) is 5.83. The number of nitrogens with one attached hydrogen (secondary N) is 2. The number of hydrogen-bond acceptors (Lipinski definition) is 3. The highest BCUT2D eigenvalue weighted by Crippen LogP contribution is 2.21. The molecule has 0 bridgehead atoms. The van der Waals surface area contributed by atoms with Gasteiger partial charge in [-0.1, -0.05) is 13.3 Å². The fourth-order valence-electron chi connectivity index (χ4n) is 1.94. The first-order valence-corrected chi connectivity index (χ1v) is 6.88. The number of rotatable bonds is 7. The monoisotopic (exact) mass is 282 g/mol.